The highest BCUT2D eigenvalue weighted by Crippen LogP contribution is 2.37. The first-order valence-electron chi connectivity index (χ1n) is 39.4. The van der Waals surface area contributed by atoms with Gasteiger partial charge in [-0.15, -0.1) is 0 Å². The second-order valence-electron chi connectivity index (χ2n) is 28.7. The molecule has 18 aromatic rings. The molecule has 114 heavy (non-hydrogen) atoms. The van der Waals surface area contributed by atoms with Gasteiger partial charge in [0, 0.05) is 0 Å². The summed E-state index contributed by atoms with van der Waals surface area (Å²) in [7, 11) is 0. The van der Waals surface area contributed by atoms with Crippen LogP contribution in [0.3, 0.4) is 0 Å². The van der Waals surface area contributed by atoms with Crippen LogP contribution in [-0.4, -0.2) is 0 Å². The van der Waals surface area contributed by atoms with Crippen molar-refractivity contribution in [2.45, 2.75) is 41.5 Å². The SMILES string of the molecule is Cc1cccc(-c2ccc(-c3ccccc3)cc2)c1.Cc1cccc(-c2cccc(-c3ccccc3)c2)c1.Cc1cccc(-c2ccccc2-c2ccccc2)c1.Cc1ccccc1-c1ccc(-c2ccccc2)cc1.Cc1ccccc1-c1cccc(-c2ccccc2)c1.Cc1ccccc1-c1ccccc1-c1ccccc1. The standard InChI is InChI=1S/6C19H16/c1-15-7-5-10-17(13-15)19-12-6-11-18(14-19)16-8-3-2-4-9-16;1-15-9-5-6-12-17(15)19-14-8-7-13-18(19)16-10-3-2-4-11-16;1-15-8-7-11-17(14-15)19-13-6-5-12-18(19)16-9-3-2-4-10-16;1-15-8-5-6-13-19(15)18-12-7-11-17(14-18)16-9-3-2-4-10-16;1-15-7-5-6-10-19(15)18-13-11-17(12-14-18)16-8-3-2-4-9-16;1-15-6-5-9-19(14-15)18-12-10-17(11-13-18)16-7-3-2-4-8-16/h6*2-14H,1H3. The quantitative estimate of drug-likeness (QED) is 0.114. The molecule has 18 aromatic carbocycles. The minimum atomic E-state index is 1.26. The van der Waals surface area contributed by atoms with Gasteiger partial charge in [-0.25, -0.2) is 0 Å². The van der Waals surface area contributed by atoms with Crippen LogP contribution < -0.4 is 0 Å². The summed E-state index contributed by atoms with van der Waals surface area (Å²) in [6.45, 7) is 12.9. The van der Waals surface area contributed by atoms with Gasteiger partial charge in [-0.2, -0.15) is 0 Å². The summed E-state index contributed by atoms with van der Waals surface area (Å²) in [4.78, 5) is 0. The van der Waals surface area contributed by atoms with Crippen LogP contribution >= 0.6 is 0 Å². The van der Waals surface area contributed by atoms with E-state index in [2.05, 4.69) is 497 Å². The van der Waals surface area contributed by atoms with Gasteiger partial charge in [0.05, 0.1) is 0 Å². The highest BCUT2D eigenvalue weighted by molar-refractivity contribution is 5.86. The summed E-state index contributed by atoms with van der Waals surface area (Å²) in [6, 6.07) is 167. The predicted octanol–water partition coefficient (Wildman–Crippen LogP) is 32.0. The van der Waals surface area contributed by atoms with Crippen LogP contribution in [0.25, 0.3) is 134 Å². The Morgan fingerprint density at radius 2 is 0.272 bits per heavy atom. The van der Waals surface area contributed by atoms with Crippen molar-refractivity contribution < 1.29 is 0 Å². The molecule has 18 rings (SSSR count). The Morgan fingerprint density at radius 1 is 0.0965 bits per heavy atom. The van der Waals surface area contributed by atoms with E-state index in [1.165, 1.54) is 167 Å². The van der Waals surface area contributed by atoms with Gasteiger partial charge < -0.3 is 0 Å². The van der Waals surface area contributed by atoms with E-state index >= 15 is 0 Å². The Kier molecular flexibility index (Phi) is 27.4. The Balaban J connectivity index is 0.000000119. The fraction of sp³-hybridized carbons (Fsp3) is 0.0526. The van der Waals surface area contributed by atoms with Crippen molar-refractivity contribution in [2.24, 2.45) is 0 Å². The number of hydrogen-bond donors (Lipinski definition) is 0. The van der Waals surface area contributed by atoms with Gasteiger partial charge in [-0.05, 0) is 204 Å². The van der Waals surface area contributed by atoms with E-state index in [0.717, 1.165) is 0 Å². The maximum absolute atomic E-state index is 2.26. The molecule has 0 aliphatic heterocycles. The average Bonchev–Trinajstić information content (AvgIpc) is 0.823. The van der Waals surface area contributed by atoms with Gasteiger partial charge >= 0.3 is 0 Å². The Bertz CT molecular complexity index is 5980. The van der Waals surface area contributed by atoms with Crippen LogP contribution in [-0.2, 0) is 0 Å². The van der Waals surface area contributed by atoms with Gasteiger partial charge in [0.15, 0.2) is 0 Å². The summed E-state index contributed by atoms with van der Waals surface area (Å²) in [5, 5.41) is 0. The third-order valence-corrected chi connectivity index (χ3v) is 20.3. The van der Waals surface area contributed by atoms with Crippen molar-refractivity contribution in [3.63, 3.8) is 0 Å². The number of rotatable bonds is 12. The molecule has 0 nitrogen and oxygen atoms in total. The molecule has 0 fully saturated rings. The second kappa shape index (κ2) is 40.1. The lowest BCUT2D eigenvalue weighted by molar-refractivity contribution is 1.46. The maximum atomic E-state index is 2.26. The molecule has 0 aliphatic carbocycles. The summed E-state index contributed by atoms with van der Waals surface area (Å²) in [5.41, 5.74) is 38.5. The highest BCUT2D eigenvalue weighted by Gasteiger charge is 2.11. The van der Waals surface area contributed by atoms with Gasteiger partial charge in [0.2, 0.25) is 0 Å². The smallest absolute Gasteiger partial charge is 0.0103 e. The zero-order chi connectivity index (χ0) is 78.5. The van der Waals surface area contributed by atoms with Gasteiger partial charge in [-0.1, -0.05) is 478 Å². The minimum Gasteiger partial charge on any atom is -0.0622 e. The summed E-state index contributed by atoms with van der Waals surface area (Å²) >= 11 is 0. The zero-order valence-corrected chi connectivity index (χ0v) is 66.0. The second-order valence-corrected chi connectivity index (χ2v) is 28.7. The fourth-order valence-corrected chi connectivity index (χ4v) is 14.3. The Labute approximate surface area is 677 Å². The maximum Gasteiger partial charge on any atom is -0.0103 e. The highest BCUT2D eigenvalue weighted by atomic mass is 14.2. The first-order valence-corrected chi connectivity index (χ1v) is 39.4. The first kappa shape index (κ1) is 78.1. The van der Waals surface area contributed by atoms with E-state index in [1.54, 1.807) is 0 Å². The van der Waals surface area contributed by atoms with Crippen LogP contribution in [0.2, 0.25) is 0 Å². The van der Waals surface area contributed by atoms with Gasteiger partial charge in [0.1, 0.15) is 0 Å². The van der Waals surface area contributed by atoms with Crippen LogP contribution in [0.5, 0.6) is 0 Å². The van der Waals surface area contributed by atoms with Crippen molar-refractivity contribution in [1.29, 1.82) is 0 Å². The topological polar surface area (TPSA) is 0 Å². The van der Waals surface area contributed by atoms with E-state index < -0.39 is 0 Å². The number of benzene rings is 18. The molecular formula is C114H96. The number of hydrogen-bond acceptors (Lipinski definition) is 0. The lowest BCUT2D eigenvalue weighted by atomic mass is 9.92. The average molecular weight is 1470 g/mol. The van der Waals surface area contributed by atoms with Crippen molar-refractivity contribution >= 4 is 0 Å². The summed E-state index contributed by atoms with van der Waals surface area (Å²) in [5.74, 6) is 0. The van der Waals surface area contributed by atoms with Gasteiger partial charge in [-0.3, -0.25) is 0 Å². The van der Waals surface area contributed by atoms with Crippen molar-refractivity contribution in [2.75, 3.05) is 0 Å². The predicted molar refractivity (Wildman–Crippen MR) is 492 cm³/mol. The molecule has 0 aromatic heterocycles. The van der Waals surface area contributed by atoms with Crippen LogP contribution in [0.4, 0.5) is 0 Å². The monoisotopic (exact) mass is 1460 g/mol. The van der Waals surface area contributed by atoms with Crippen LogP contribution in [0.1, 0.15) is 33.4 Å². The normalized spacial score (nSPS) is 10.4. The van der Waals surface area contributed by atoms with E-state index in [-0.39, 0.29) is 0 Å². The lowest BCUT2D eigenvalue weighted by Crippen LogP contribution is -1.87. The van der Waals surface area contributed by atoms with E-state index in [4.69, 9.17) is 0 Å². The molecule has 0 unspecified atom stereocenters. The molecule has 0 radical (unpaired) electrons. The largest absolute Gasteiger partial charge is 0.0622 e. The van der Waals surface area contributed by atoms with Gasteiger partial charge in [0.25, 0.3) is 0 Å². The fourth-order valence-electron chi connectivity index (χ4n) is 14.3. The molecule has 0 aliphatic rings. The van der Waals surface area contributed by atoms with Crippen molar-refractivity contribution in [1.82, 2.24) is 0 Å². The minimum absolute atomic E-state index is 1.26. The third-order valence-electron chi connectivity index (χ3n) is 20.3. The summed E-state index contributed by atoms with van der Waals surface area (Å²) < 4.78 is 0. The zero-order valence-electron chi connectivity index (χ0n) is 66.0. The van der Waals surface area contributed by atoms with E-state index in [0.29, 0.717) is 0 Å². The lowest BCUT2D eigenvalue weighted by Gasteiger charge is -2.12. The molecule has 0 atom stereocenters. The third kappa shape index (κ3) is 21.5. The molecule has 0 saturated heterocycles. The van der Waals surface area contributed by atoms with Crippen molar-refractivity contribution in [3.05, 3.63) is 507 Å². The molecule has 0 bridgehead atoms. The summed E-state index contributed by atoms with van der Waals surface area (Å²) in [6.07, 6.45) is 0. The molecule has 0 heterocycles. The van der Waals surface area contributed by atoms with E-state index in [9.17, 15) is 0 Å². The first-order chi connectivity index (χ1) is 56.0. The molecule has 0 amide bonds. The molecule has 0 saturated carbocycles. The molecule has 0 N–H and O–H groups in total. The van der Waals surface area contributed by atoms with Crippen LogP contribution in [0.15, 0.2) is 473 Å². The molecule has 0 heteroatoms. The van der Waals surface area contributed by atoms with E-state index in [1.807, 2.05) is 18.2 Å². The Hall–Kier alpha value is -14.0. The van der Waals surface area contributed by atoms with Crippen LogP contribution in [0, 0.1) is 41.5 Å². The molecular weight excluding hydrogens is 1370 g/mol. The Morgan fingerprint density at radius 3 is 0.632 bits per heavy atom. The molecule has 552 valence electrons. The molecule has 0 spiro atoms. The van der Waals surface area contributed by atoms with Crippen molar-refractivity contribution in [3.8, 4) is 134 Å². The number of aryl methyl sites for hydroxylation is 6.